The van der Waals surface area contributed by atoms with Crippen LogP contribution in [0.3, 0.4) is 0 Å². The number of imide groups is 1. The molecule has 1 aromatic carbocycles. The van der Waals surface area contributed by atoms with Gasteiger partial charge in [0.05, 0.1) is 12.0 Å². The lowest BCUT2D eigenvalue weighted by Crippen LogP contribution is -2.33. The molecule has 0 bridgehead atoms. The molecule has 1 saturated heterocycles. The number of aromatic nitrogens is 2. The van der Waals surface area contributed by atoms with Gasteiger partial charge >= 0.3 is 6.03 Å². The van der Waals surface area contributed by atoms with Crippen LogP contribution in [-0.2, 0) is 16.0 Å². The summed E-state index contributed by atoms with van der Waals surface area (Å²) in [6, 6.07) is 6.25. The Morgan fingerprint density at radius 2 is 2.00 bits per heavy atom. The first-order chi connectivity index (χ1) is 13.5. The first-order valence-electron chi connectivity index (χ1n) is 9.44. The molecule has 0 aliphatic carbocycles. The molecule has 1 aliphatic heterocycles. The number of rotatable bonds is 8. The minimum absolute atomic E-state index is 0.152. The lowest BCUT2D eigenvalue weighted by atomic mass is 10.0. The van der Waals surface area contributed by atoms with Crippen LogP contribution in [-0.4, -0.2) is 40.4 Å². The Morgan fingerprint density at radius 3 is 2.64 bits per heavy atom. The van der Waals surface area contributed by atoms with Gasteiger partial charge in [-0.2, -0.15) is 0 Å². The van der Waals surface area contributed by atoms with Crippen LogP contribution in [0.1, 0.15) is 43.9 Å². The predicted octanol–water partition coefficient (Wildman–Crippen LogP) is 2.10. The van der Waals surface area contributed by atoms with Gasteiger partial charge in [0.2, 0.25) is 5.91 Å². The summed E-state index contributed by atoms with van der Waals surface area (Å²) >= 11 is 0. The second kappa shape index (κ2) is 8.69. The molecule has 1 fully saturated rings. The smallest absolute Gasteiger partial charge is 0.329 e. The van der Waals surface area contributed by atoms with Crippen molar-refractivity contribution in [3.8, 4) is 0 Å². The highest BCUT2D eigenvalue weighted by Gasteiger charge is 2.38. The molecule has 1 aromatic heterocycles. The lowest BCUT2D eigenvalue weighted by molar-refractivity contribution is -0.121. The zero-order valence-electron chi connectivity index (χ0n) is 16.1. The van der Waals surface area contributed by atoms with Gasteiger partial charge in [0.25, 0.3) is 5.91 Å². The standard InChI is InChI=1S/C20H25N5O3/c1-13(2)14-3-5-16(6-4-14)25-19(27)17(24-20(25)28)7-8-18(26)22-10-9-15-11-21-12-23-15/h3-6,11-13,17H,7-10H2,1-2H3,(H,21,23)(H,22,26)(H,24,28). The van der Waals surface area contributed by atoms with E-state index in [9.17, 15) is 14.4 Å². The van der Waals surface area contributed by atoms with Crippen LogP contribution in [0.5, 0.6) is 0 Å². The maximum atomic E-state index is 12.6. The molecule has 8 nitrogen and oxygen atoms in total. The molecule has 148 valence electrons. The highest BCUT2D eigenvalue weighted by Crippen LogP contribution is 2.24. The fraction of sp³-hybridized carbons (Fsp3) is 0.400. The predicted molar refractivity (Wildman–Crippen MR) is 105 cm³/mol. The number of H-pyrrole nitrogens is 1. The number of nitrogens with zero attached hydrogens (tertiary/aromatic N) is 2. The van der Waals surface area contributed by atoms with E-state index in [1.807, 2.05) is 12.1 Å². The third-order valence-corrected chi connectivity index (χ3v) is 4.77. The van der Waals surface area contributed by atoms with Crippen molar-refractivity contribution in [3.05, 3.63) is 48.0 Å². The number of amides is 4. The van der Waals surface area contributed by atoms with Crippen LogP contribution in [0.25, 0.3) is 0 Å². The number of urea groups is 1. The highest BCUT2D eigenvalue weighted by molar-refractivity contribution is 6.21. The van der Waals surface area contributed by atoms with Crippen LogP contribution in [0, 0.1) is 0 Å². The van der Waals surface area contributed by atoms with Gasteiger partial charge in [-0.3, -0.25) is 9.59 Å². The second-order valence-corrected chi connectivity index (χ2v) is 7.14. The minimum Gasteiger partial charge on any atom is -0.356 e. The maximum Gasteiger partial charge on any atom is 0.329 e. The first-order valence-corrected chi connectivity index (χ1v) is 9.44. The van der Waals surface area contributed by atoms with E-state index in [0.717, 1.165) is 16.2 Å². The zero-order valence-corrected chi connectivity index (χ0v) is 16.1. The zero-order chi connectivity index (χ0) is 20.1. The number of carbonyl (C=O) groups excluding carboxylic acids is 3. The van der Waals surface area contributed by atoms with Crippen LogP contribution >= 0.6 is 0 Å². The molecule has 28 heavy (non-hydrogen) atoms. The largest absolute Gasteiger partial charge is 0.356 e. The molecule has 3 N–H and O–H groups in total. The fourth-order valence-electron chi connectivity index (χ4n) is 3.10. The molecular weight excluding hydrogens is 358 g/mol. The highest BCUT2D eigenvalue weighted by atomic mass is 16.2. The van der Waals surface area contributed by atoms with Crippen LogP contribution < -0.4 is 15.5 Å². The molecule has 1 aliphatic rings. The van der Waals surface area contributed by atoms with Gasteiger partial charge in [-0.15, -0.1) is 0 Å². The molecule has 4 amide bonds. The molecule has 0 spiro atoms. The monoisotopic (exact) mass is 383 g/mol. The Hall–Kier alpha value is -3.16. The molecule has 1 atom stereocenters. The molecule has 1 unspecified atom stereocenters. The van der Waals surface area contributed by atoms with Crippen molar-refractivity contribution >= 4 is 23.5 Å². The molecule has 3 rings (SSSR count). The Labute approximate surface area is 163 Å². The Kier molecular flexibility index (Phi) is 6.08. The SMILES string of the molecule is CC(C)c1ccc(N2C(=O)NC(CCC(=O)NCCc3cnc[nH]3)C2=O)cc1. The van der Waals surface area contributed by atoms with Gasteiger partial charge in [-0.1, -0.05) is 26.0 Å². The molecule has 0 saturated carbocycles. The molecule has 8 heteroatoms. The third kappa shape index (κ3) is 4.57. The Morgan fingerprint density at radius 1 is 1.25 bits per heavy atom. The first kappa shape index (κ1) is 19.6. The average molecular weight is 383 g/mol. The van der Waals surface area contributed by atoms with Crippen molar-refractivity contribution in [3.63, 3.8) is 0 Å². The van der Waals surface area contributed by atoms with Crippen LogP contribution in [0.2, 0.25) is 0 Å². The van der Waals surface area contributed by atoms with Gasteiger partial charge in [0.1, 0.15) is 6.04 Å². The van der Waals surface area contributed by atoms with E-state index in [4.69, 9.17) is 0 Å². The number of hydrogen-bond acceptors (Lipinski definition) is 4. The summed E-state index contributed by atoms with van der Waals surface area (Å²) in [5, 5.41) is 5.47. The van der Waals surface area contributed by atoms with Gasteiger partial charge in [0.15, 0.2) is 0 Å². The van der Waals surface area contributed by atoms with E-state index in [1.54, 1.807) is 24.7 Å². The van der Waals surface area contributed by atoms with Crippen molar-refractivity contribution in [2.24, 2.45) is 0 Å². The third-order valence-electron chi connectivity index (χ3n) is 4.77. The topological polar surface area (TPSA) is 107 Å². The van der Waals surface area contributed by atoms with Gasteiger partial charge in [-0.05, 0) is 30.0 Å². The van der Waals surface area contributed by atoms with Crippen molar-refractivity contribution in [1.29, 1.82) is 0 Å². The van der Waals surface area contributed by atoms with Crippen molar-refractivity contribution in [2.75, 3.05) is 11.4 Å². The quantitative estimate of drug-likeness (QED) is 0.607. The van der Waals surface area contributed by atoms with E-state index in [-0.39, 0.29) is 24.7 Å². The van der Waals surface area contributed by atoms with E-state index in [2.05, 4.69) is 34.4 Å². The van der Waals surface area contributed by atoms with Gasteiger partial charge < -0.3 is 15.6 Å². The Bertz CT molecular complexity index is 830. The summed E-state index contributed by atoms with van der Waals surface area (Å²) in [4.78, 5) is 44.9. The number of carbonyl (C=O) groups is 3. The number of benzene rings is 1. The maximum absolute atomic E-state index is 12.6. The van der Waals surface area contributed by atoms with E-state index < -0.39 is 12.1 Å². The summed E-state index contributed by atoms with van der Waals surface area (Å²) in [6.45, 7) is 4.65. The summed E-state index contributed by atoms with van der Waals surface area (Å²) in [5.41, 5.74) is 2.62. The van der Waals surface area contributed by atoms with Gasteiger partial charge in [-0.25, -0.2) is 14.7 Å². The Balaban J connectivity index is 1.49. The van der Waals surface area contributed by atoms with Crippen molar-refractivity contribution in [1.82, 2.24) is 20.6 Å². The van der Waals surface area contributed by atoms with Crippen LogP contribution in [0.15, 0.2) is 36.8 Å². The van der Waals surface area contributed by atoms with Crippen molar-refractivity contribution in [2.45, 2.75) is 45.1 Å². The molecule has 2 heterocycles. The number of anilines is 1. The van der Waals surface area contributed by atoms with E-state index in [0.29, 0.717) is 24.6 Å². The second-order valence-electron chi connectivity index (χ2n) is 7.14. The molecule has 2 aromatic rings. The summed E-state index contributed by atoms with van der Waals surface area (Å²) < 4.78 is 0. The number of nitrogens with one attached hydrogen (secondary N) is 3. The molecule has 0 radical (unpaired) electrons. The van der Waals surface area contributed by atoms with E-state index >= 15 is 0 Å². The number of hydrogen-bond donors (Lipinski definition) is 3. The lowest BCUT2D eigenvalue weighted by Gasteiger charge is -2.14. The summed E-state index contributed by atoms with van der Waals surface area (Å²) in [7, 11) is 0. The van der Waals surface area contributed by atoms with E-state index in [1.165, 1.54) is 0 Å². The summed E-state index contributed by atoms with van der Waals surface area (Å²) in [6.07, 6.45) is 4.39. The number of imidazole rings is 1. The molecular formula is C20H25N5O3. The van der Waals surface area contributed by atoms with Crippen molar-refractivity contribution < 1.29 is 14.4 Å². The van der Waals surface area contributed by atoms with Gasteiger partial charge in [0, 0.05) is 31.3 Å². The average Bonchev–Trinajstić information content (AvgIpc) is 3.28. The van der Waals surface area contributed by atoms with Crippen LogP contribution in [0.4, 0.5) is 10.5 Å². The number of aromatic amines is 1. The summed E-state index contributed by atoms with van der Waals surface area (Å²) in [5.74, 6) is -0.106. The normalized spacial score (nSPS) is 16.5. The fourth-order valence-corrected chi connectivity index (χ4v) is 3.10. The minimum atomic E-state index is -0.685.